The predicted octanol–water partition coefficient (Wildman–Crippen LogP) is 1.52. The molecule has 2 aromatic heterocycles. The van der Waals surface area contributed by atoms with Crippen molar-refractivity contribution >= 4 is 11.8 Å². The molecule has 2 rings (SSSR count). The second-order valence-corrected chi connectivity index (χ2v) is 4.16. The van der Waals surface area contributed by atoms with Crippen LogP contribution in [0.15, 0.2) is 18.5 Å². The van der Waals surface area contributed by atoms with Crippen LogP contribution in [0.2, 0.25) is 0 Å². The number of pyridine rings is 1. The molecule has 0 unspecified atom stereocenters. The van der Waals surface area contributed by atoms with E-state index in [0.29, 0.717) is 11.5 Å². The number of nitrogens with two attached hydrogens (primary N) is 1. The maximum Gasteiger partial charge on any atom is 0.343 e. The minimum atomic E-state index is -0.558. The van der Waals surface area contributed by atoms with Gasteiger partial charge in [0.2, 0.25) is 0 Å². The number of nitrogens with zero attached hydrogens (tertiary/aromatic N) is 3. The topological polar surface area (TPSA) is 91.0 Å². The van der Waals surface area contributed by atoms with Crippen LogP contribution in [0.4, 0.5) is 5.82 Å². The van der Waals surface area contributed by atoms with E-state index in [9.17, 15) is 4.79 Å². The molecular weight excluding hydrogens is 244 g/mol. The van der Waals surface area contributed by atoms with Crippen molar-refractivity contribution in [2.24, 2.45) is 0 Å². The Balaban J connectivity index is 2.47. The maximum atomic E-state index is 11.4. The average molecular weight is 258 g/mol. The fourth-order valence-electron chi connectivity index (χ4n) is 1.73. The number of aromatic nitrogens is 3. The van der Waals surface area contributed by atoms with E-state index in [0.717, 1.165) is 11.1 Å². The van der Waals surface area contributed by atoms with Gasteiger partial charge in [-0.3, -0.25) is 4.98 Å². The minimum Gasteiger partial charge on any atom is -0.465 e. The Labute approximate surface area is 110 Å². The van der Waals surface area contributed by atoms with Gasteiger partial charge in [-0.2, -0.15) is 0 Å². The van der Waals surface area contributed by atoms with Gasteiger partial charge in [-0.15, -0.1) is 0 Å². The van der Waals surface area contributed by atoms with E-state index in [1.54, 1.807) is 6.20 Å². The van der Waals surface area contributed by atoms with E-state index >= 15 is 0 Å². The van der Waals surface area contributed by atoms with Gasteiger partial charge >= 0.3 is 5.97 Å². The van der Waals surface area contributed by atoms with Crippen LogP contribution in [0.25, 0.3) is 11.5 Å². The van der Waals surface area contributed by atoms with Gasteiger partial charge in [-0.05, 0) is 25.0 Å². The lowest BCUT2D eigenvalue weighted by Gasteiger charge is -2.07. The van der Waals surface area contributed by atoms with Crippen molar-refractivity contribution in [3.05, 3.63) is 35.2 Å². The van der Waals surface area contributed by atoms with Crippen molar-refractivity contribution in [2.75, 3.05) is 12.8 Å². The number of aryl methyl sites for hydroxylation is 2. The molecule has 2 heterocycles. The van der Waals surface area contributed by atoms with E-state index in [4.69, 9.17) is 5.73 Å². The Morgan fingerprint density at radius 2 is 2.00 bits per heavy atom. The molecule has 0 fully saturated rings. The summed E-state index contributed by atoms with van der Waals surface area (Å²) < 4.78 is 4.59. The molecule has 0 atom stereocenters. The van der Waals surface area contributed by atoms with Gasteiger partial charge in [0.25, 0.3) is 0 Å². The molecule has 0 saturated heterocycles. The number of hydrogen-bond donors (Lipinski definition) is 1. The number of esters is 1. The number of anilines is 1. The van der Waals surface area contributed by atoms with Crippen LogP contribution in [0.1, 0.15) is 21.5 Å². The fraction of sp³-hybridized carbons (Fsp3) is 0.231. The van der Waals surface area contributed by atoms with Crippen molar-refractivity contribution < 1.29 is 9.53 Å². The van der Waals surface area contributed by atoms with Gasteiger partial charge in [0, 0.05) is 12.4 Å². The molecule has 0 spiro atoms. The Morgan fingerprint density at radius 1 is 1.26 bits per heavy atom. The molecule has 6 heteroatoms. The first kappa shape index (κ1) is 12.9. The second kappa shape index (κ2) is 5.01. The van der Waals surface area contributed by atoms with E-state index in [1.165, 1.54) is 13.3 Å². The van der Waals surface area contributed by atoms with Crippen molar-refractivity contribution in [1.29, 1.82) is 0 Å². The largest absolute Gasteiger partial charge is 0.465 e. The third kappa shape index (κ3) is 2.52. The number of hydrogen-bond acceptors (Lipinski definition) is 6. The van der Waals surface area contributed by atoms with Crippen LogP contribution < -0.4 is 5.73 Å². The highest BCUT2D eigenvalue weighted by Crippen LogP contribution is 2.20. The zero-order chi connectivity index (χ0) is 14.0. The lowest BCUT2D eigenvalue weighted by Crippen LogP contribution is -2.09. The second-order valence-electron chi connectivity index (χ2n) is 4.16. The fourth-order valence-corrected chi connectivity index (χ4v) is 1.73. The molecule has 0 aliphatic carbocycles. The first-order chi connectivity index (χ1) is 9.02. The van der Waals surface area contributed by atoms with Crippen LogP contribution in [0, 0.1) is 13.8 Å². The molecule has 0 aliphatic rings. The normalized spacial score (nSPS) is 10.3. The van der Waals surface area contributed by atoms with Crippen LogP contribution in [0.5, 0.6) is 0 Å². The van der Waals surface area contributed by atoms with Crippen molar-refractivity contribution in [1.82, 2.24) is 15.0 Å². The predicted molar refractivity (Wildman–Crippen MR) is 70.5 cm³/mol. The summed E-state index contributed by atoms with van der Waals surface area (Å²) in [5, 5.41) is 0. The third-order valence-corrected chi connectivity index (χ3v) is 2.65. The summed E-state index contributed by atoms with van der Waals surface area (Å²) in [6.07, 6.45) is 3.08. The molecule has 2 aromatic rings. The number of carbonyl (C=O) groups excluding carboxylic acids is 1. The lowest BCUT2D eigenvalue weighted by molar-refractivity contribution is 0.0601. The summed E-state index contributed by atoms with van der Waals surface area (Å²) in [5.74, 6) is -0.0843. The van der Waals surface area contributed by atoms with Crippen LogP contribution in [0.3, 0.4) is 0 Å². The highest BCUT2D eigenvalue weighted by atomic mass is 16.5. The van der Waals surface area contributed by atoms with E-state index in [2.05, 4.69) is 19.7 Å². The van der Waals surface area contributed by atoms with Crippen molar-refractivity contribution in [2.45, 2.75) is 13.8 Å². The summed E-state index contributed by atoms with van der Waals surface area (Å²) in [7, 11) is 1.28. The number of rotatable bonds is 2. The summed E-state index contributed by atoms with van der Waals surface area (Å²) in [6.45, 7) is 3.88. The molecule has 0 bridgehead atoms. The van der Waals surface area contributed by atoms with E-state index in [1.807, 2.05) is 19.9 Å². The highest BCUT2D eigenvalue weighted by molar-refractivity contribution is 5.93. The quantitative estimate of drug-likeness (QED) is 0.821. The third-order valence-electron chi connectivity index (χ3n) is 2.65. The standard InChI is InChI=1S/C13H14N4O2/c1-7-4-8(2)10(15-5-7)12-16-6-9(11(14)17-12)13(18)19-3/h4-6H,1-3H3,(H2,14,16,17). The first-order valence-corrected chi connectivity index (χ1v) is 5.67. The monoisotopic (exact) mass is 258 g/mol. The number of carbonyl (C=O) groups is 1. The number of nitrogen functional groups attached to an aromatic ring is 1. The zero-order valence-electron chi connectivity index (χ0n) is 11.0. The van der Waals surface area contributed by atoms with E-state index in [-0.39, 0.29) is 11.4 Å². The first-order valence-electron chi connectivity index (χ1n) is 5.67. The number of ether oxygens (including phenoxy) is 1. The molecule has 2 N–H and O–H groups in total. The Hall–Kier alpha value is -2.50. The van der Waals surface area contributed by atoms with Gasteiger partial charge in [0.15, 0.2) is 5.82 Å². The average Bonchev–Trinajstić information content (AvgIpc) is 2.37. The number of methoxy groups -OCH3 is 1. The zero-order valence-corrected chi connectivity index (χ0v) is 11.0. The SMILES string of the molecule is COC(=O)c1cnc(-c2ncc(C)cc2C)nc1N. The molecule has 19 heavy (non-hydrogen) atoms. The van der Waals surface area contributed by atoms with Gasteiger partial charge in [0.1, 0.15) is 17.1 Å². The molecule has 0 aliphatic heterocycles. The smallest absolute Gasteiger partial charge is 0.343 e. The highest BCUT2D eigenvalue weighted by Gasteiger charge is 2.15. The minimum absolute atomic E-state index is 0.0821. The lowest BCUT2D eigenvalue weighted by atomic mass is 10.1. The Morgan fingerprint density at radius 3 is 2.58 bits per heavy atom. The van der Waals surface area contributed by atoms with Crippen molar-refractivity contribution in [3.8, 4) is 11.5 Å². The van der Waals surface area contributed by atoms with E-state index < -0.39 is 5.97 Å². The van der Waals surface area contributed by atoms with Gasteiger partial charge in [-0.1, -0.05) is 6.07 Å². The summed E-state index contributed by atoms with van der Waals surface area (Å²) in [6, 6.07) is 1.98. The van der Waals surface area contributed by atoms with Gasteiger partial charge < -0.3 is 10.5 Å². The maximum absolute atomic E-state index is 11.4. The molecular formula is C13H14N4O2. The molecule has 0 amide bonds. The van der Waals surface area contributed by atoms with Crippen molar-refractivity contribution in [3.63, 3.8) is 0 Å². The summed E-state index contributed by atoms with van der Waals surface area (Å²) >= 11 is 0. The molecule has 0 aromatic carbocycles. The summed E-state index contributed by atoms with van der Waals surface area (Å²) in [4.78, 5) is 23.9. The summed E-state index contributed by atoms with van der Waals surface area (Å²) in [5.41, 5.74) is 8.54. The molecule has 0 radical (unpaired) electrons. The Kier molecular flexibility index (Phi) is 3.41. The molecule has 0 saturated carbocycles. The van der Waals surface area contributed by atoms with Crippen LogP contribution >= 0.6 is 0 Å². The molecule has 98 valence electrons. The van der Waals surface area contributed by atoms with Gasteiger partial charge in [0.05, 0.1) is 7.11 Å². The Bertz CT molecular complexity index is 641. The van der Waals surface area contributed by atoms with Crippen LogP contribution in [-0.2, 0) is 4.74 Å². The van der Waals surface area contributed by atoms with Crippen LogP contribution in [-0.4, -0.2) is 28.0 Å². The van der Waals surface area contributed by atoms with Gasteiger partial charge in [-0.25, -0.2) is 14.8 Å². The molecule has 6 nitrogen and oxygen atoms in total.